The molecule has 15 atom stereocenters. The molecule has 12 amide bonds. The van der Waals surface area contributed by atoms with Crippen LogP contribution in [0.1, 0.15) is 159 Å². The van der Waals surface area contributed by atoms with E-state index in [0.717, 1.165) is 23.4 Å². The lowest BCUT2D eigenvalue weighted by molar-refractivity contribution is -0.143. The summed E-state index contributed by atoms with van der Waals surface area (Å²) in [5, 5.41) is 71.3. The number of nitrogens with one attached hydrogen (secondary N) is 13. The molecular formula is C70H119N21O18. The minimum Gasteiger partial charge on any atom is -0.481 e. The van der Waals surface area contributed by atoms with Gasteiger partial charge in [0.15, 0.2) is 11.9 Å². The van der Waals surface area contributed by atoms with Crippen LogP contribution in [0.15, 0.2) is 40.4 Å². The van der Waals surface area contributed by atoms with E-state index in [1.807, 2.05) is 38.1 Å². The molecule has 2 rings (SSSR count). The summed E-state index contributed by atoms with van der Waals surface area (Å²) in [7, 11) is 0. The topological polar surface area (TPSA) is 661 Å². The van der Waals surface area contributed by atoms with Gasteiger partial charge in [-0.3, -0.25) is 72.3 Å². The van der Waals surface area contributed by atoms with Gasteiger partial charge in [0.25, 0.3) is 0 Å². The fourth-order valence-electron chi connectivity index (χ4n) is 11.2. The van der Waals surface area contributed by atoms with E-state index in [2.05, 4.69) is 78.8 Å². The number of carboxylic acid groups (broad SMARTS) is 2. The maximum absolute atomic E-state index is 14.6. The number of guanidine groups is 2. The number of aliphatic hydroxyl groups is 2. The van der Waals surface area contributed by atoms with E-state index in [1.165, 1.54) is 13.8 Å². The van der Waals surface area contributed by atoms with Gasteiger partial charge in [0, 0.05) is 30.2 Å². The van der Waals surface area contributed by atoms with Gasteiger partial charge < -0.3 is 124 Å². The zero-order chi connectivity index (χ0) is 82.5. The molecule has 612 valence electrons. The van der Waals surface area contributed by atoms with Crippen molar-refractivity contribution in [3.63, 3.8) is 0 Å². The number of rotatable bonds is 51. The van der Waals surface area contributed by atoms with Crippen molar-refractivity contribution < 1.29 is 87.5 Å². The Balaban J connectivity index is 2.45. The van der Waals surface area contributed by atoms with Crippen LogP contribution >= 0.6 is 0 Å². The Bertz CT molecular complexity index is 3430. The van der Waals surface area contributed by atoms with Crippen molar-refractivity contribution in [3.05, 3.63) is 36.0 Å². The Morgan fingerprint density at radius 2 is 0.844 bits per heavy atom. The third-order valence-electron chi connectivity index (χ3n) is 17.4. The average molecular weight is 1540 g/mol. The van der Waals surface area contributed by atoms with Crippen LogP contribution in [-0.2, 0) is 73.5 Å². The van der Waals surface area contributed by atoms with E-state index < -0.39 is 192 Å². The summed E-state index contributed by atoms with van der Waals surface area (Å²) < 4.78 is 0. The summed E-state index contributed by atoms with van der Waals surface area (Å²) >= 11 is 0. The molecule has 0 bridgehead atoms. The van der Waals surface area contributed by atoms with Crippen molar-refractivity contribution in [3.8, 4) is 0 Å². The third kappa shape index (κ3) is 34.7. The number of aliphatic hydroxyl groups excluding tert-OH is 2. The number of fused-ring (bicyclic) bond motifs is 1. The van der Waals surface area contributed by atoms with E-state index >= 15 is 0 Å². The Labute approximate surface area is 634 Å². The van der Waals surface area contributed by atoms with Gasteiger partial charge in [-0.15, -0.1) is 0 Å². The third-order valence-corrected chi connectivity index (χ3v) is 17.4. The van der Waals surface area contributed by atoms with Crippen LogP contribution in [0.25, 0.3) is 10.9 Å². The number of hydrogen-bond acceptors (Lipinski definition) is 20. The number of aromatic nitrogens is 1. The first-order valence-corrected chi connectivity index (χ1v) is 36.6. The van der Waals surface area contributed by atoms with Crippen LogP contribution in [0.2, 0.25) is 0 Å². The number of para-hydroxylation sites is 1. The van der Waals surface area contributed by atoms with Crippen LogP contribution < -0.4 is 98.2 Å². The summed E-state index contributed by atoms with van der Waals surface area (Å²) in [6.45, 7) is 16.3. The molecule has 0 saturated heterocycles. The zero-order valence-corrected chi connectivity index (χ0v) is 64.2. The van der Waals surface area contributed by atoms with Gasteiger partial charge in [-0.25, -0.2) is 4.79 Å². The standard InChI is InChI=1S/C70H119N21O18/c1-12-37(8)54(90-61(101)45(21-15-16-24-71)83-59(99)46(22-17-25-77-69(73)74)82-56(96)38(9)80-62(102)48(27-34(2)3)85-58(98)43(72)30-41-32-79-44-20-14-13-19-42(41)44)66(106)84-47(23-18-26-78-70(75)76)60(100)89-52(33-92)65(105)87-50(31-53(94)95)63(103)86-49(28-35(4)5)64(104)91-55(40(11)93)67(107)81-39(10)57(97)88-51(68(108)109)29-36(6)7/h13-14,19-20,32,34-40,43,45-52,54-55,79,92-93H,12,15-18,21-31,33,71-72H2,1-11H3,(H,80,102)(H,81,107)(H,82,96)(H,83,99)(H,84,106)(H,85,98)(H,86,103)(H,87,105)(H,88,97)(H,89,100)(H,90,101)(H,91,104)(H,94,95)(H,108,109)(H4,73,74,77)(H4,75,76,78)/t37-,38-,39-,40+,43-,45-,46-,47-,48-,49-,50-,51-,52-,54-,55-/m0/s1. The van der Waals surface area contributed by atoms with Crippen molar-refractivity contribution >= 4 is 106 Å². The number of nitrogens with zero attached hydrogens (tertiary/aromatic N) is 2. The minimum absolute atomic E-state index is 0.00240. The quantitative estimate of drug-likeness (QED) is 0.0168. The van der Waals surface area contributed by atoms with E-state index in [0.29, 0.717) is 6.42 Å². The van der Waals surface area contributed by atoms with Crippen LogP contribution in [0, 0.1) is 23.7 Å². The molecule has 0 aliphatic rings. The van der Waals surface area contributed by atoms with Crippen LogP contribution in [0.4, 0.5) is 0 Å². The summed E-state index contributed by atoms with van der Waals surface area (Å²) in [5.74, 6) is -16.7. The number of aliphatic carboxylic acids is 2. The number of unbranched alkanes of at least 4 members (excludes halogenated alkanes) is 1. The fourth-order valence-corrected chi connectivity index (χ4v) is 11.2. The number of aliphatic imine (C=N–C) groups is 2. The number of carboxylic acids is 2. The molecule has 2 aromatic rings. The number of amides is 12. The molecule has 0 aliphatic carbocycles. The lowest BCUT2D eigenvalue weighted by atomic mass is 9.96. The second kappa shape index (κ2) is 48.2. The monoisotopic (exact) mass is 1540 g/mol. The van der Waals surface area contributed by atoms with Gasteiger partial charge in [0.05, 0.1) is 25.2 Å². The van der Waals surface area contributed by atoms with Crippen molar-refractivity contribution in [1.29, 1.82) is 0 Å². The molecule has 39 nitrogen and oxygen atoms in total. The normalized spacial score (nSPS) is 15.4. The van der Waals surface area contributed by atoms with Crippen LogP contribution in [-0.4, -0.2) is 231 Å². The molecular weight excluding hydrogens is 1420 g/mol. The fraction of sp³-hybridized carbons (Fsp3) is 0.657. The van der Waals surface area contributed by atoms with Crippen LogP contribution in [0.3, 0.4) is 0 Å². The highest BCUT2D eigenvalue weighted by Crippen LogP contribution is 2.20. The molecule has 0 fully saturated rings. The first kappa shape index (κ1) is 94.8. The molecule has 1 heterocycles. The first-order valence-electron chi connectivity index (χ1n) is 36.6. The Morgan fingerprint density at radius 1 is 0.459 bits per heavy atom. The molecule has 39 heteroatoms. The predicted octanol–water partition coefficient (Wildman–Crippen LogP) is -4.75. The highest BCUT2D eigenvalue weighted by Gasteiger charge is 2.39. The molecule has 0 unspecified atom stereocenters. The summed E-state index contributed by atoms with van der Waals surface area (Å²) in [6.07, 6.45) is -0.355. The number of nitrogens with two attached hydrogens (primary N) is 6. The Hall–Kier alpha value is -10.3. The molecule has 0 aliphatic heterocycles. The van der Waals surface area contributed by atoms with Crippen molar-refractivity contribution in [1.82, 2.24) is 68.8 Å². The summed E-state index contributed by atoms with van der Waals surface area (Å²) in [6, 6.07) is -12.0. The van der Waals surface area contributed by atoms with Gasteiger partial charge in [-0.1, -0.05) is 80.0 Å². The molecule has 109 heavy (non-hydrogen) atoms. The second-order valence-corrected chi connectivity index (χ2v) is 28.4. The van der Waals surface area contributed by atoms with Gasteiger partial charge in [-0.2, -0.15) is 0 Å². The summed E-state index contributed by atoms with van der Waals surface area (Å²) in [5.41, 5.74) is 36.1. The SMILES string of the molecule is CC[C@H](C)[C@H](NC(=O)[C@H](CCCCN)NC(=O)[C@H](CCCN=C(N)N)NC(=O)[C@H](C)NC(=O)[C@H](CC(C)C)NC(=O)[C@@H](N)Cc1c[nH]c2ccccc12)C(=O)N[C@@H](CCCN=C(N)N)C(=O)N[C@@H](CO)C(=O)N[C@@H](CC(=O)O)C(=O)N[C@@H](CC(C)C)C(=O)N[C@H](C(=O)N[C@@H](C)C(=O)N[C@@H](CC(C)C)C(=O)O)[C@@H](C)O. The zero-order valence-electron chi connectivity index (χ0n) is 64.2. The largest absolute Gasteiger partial charge is 0.481 e. The highest BCUT2D eigenvalue weighted by atomic mass is 16.4. The Morgan fingerprint density at radius 3 is 1.32 bits per heavy atom. The van der Waals surface area contributed by atoms with E-state index in [4.69, 9.17) is 34.4 Å². The van der Waals surface area contributed by atoms with Crippen molar-refractivity contribution in [2.24, 2.45) is 68.1 Å². The smallest absolute Gasteiger partial charge is 0.326 e. The van der Waals surface area contributed by atoms with Crippen molar-refractivity contribution in [2.75, 3.05) is 26.2 Å². The van der Waals surface area contributed by atoms with Gasteiger partial charge in [-0.05, 0) is 133 Å². The molecule has 0 radical (unpaired) electrons. The summed E-state index contributed by atoms with van der Waals surface area (Å²) in [4.78, 5) is 203. The number of aromatic amines is 1. The Kier molecular flexibility index (Phi) is 41.9. The van der Waals surface area contributed by atoms with Gasteiger partial charge >= 0.3 is 11.9 Å². The predicted molar refractivity (Wildman–Crippen MR) is 404 cm³/mol. The lowest BCUT2D eigenvalue weighted by Gasteiger charge is -2.30. The molecule has 1 aromatic carbocycles. The minimum atomic E-state index is -2.04. The number of hydrogen-bond donors (Lipinski definition) is 23. The van der Waals surface area contributed by atoms with E-state index in [1.54, 1.807) is 47.7 Å². The van der Waals surface area contributed by atoms with Crippen molar-refractivity contribution in [2.45, 2.75) is 244 Å². The molecule has 1 aromatic heterocycles. The van der Waals surface area contributed by atoms with Crippen LogP contribution in [0.5, 0.6) is 0 Å². The number of carbonyl (C=O) groups is 14. The lowest BCUT2D eigenvalue weighted by Crippen LogP contribution is -2.62. The maximum atomic E-state index is 14.6. The average Bonchev–Trinajstić information content (AvgIpc) is 1.73. The highest BCUT2D eigenvalue weighted by molar-refractivity contribution is 6.00. The molecule has 29 N–H and O–H groups in total. The molecule has 0 spiro atoms. The van der Waals surface area contributed by atoms with E-state index in [9.17, 15) is 87.5 Å². The van der Waals surface area contributed by atoms with E-state index in [-0.39, 0.29) is 114 Å². The first-order chi connectivity index (χ1) is 51.1. The number of H-pyrrole nitrogens is 1. The second-order valence-electron chi connectivity index (χ2n) is 28.4. The molecule has 0 saturated carbocycles. The maximum Gasteiger partial charge on any atom is 0.326 e. The number of benzene rings is 1. The van der Waals surface area contributed by atoms with Gasteiger partial charge in [0.2, 0.25) is 70.9 Å². The van der Waals surface area contributed by atoms with Gasteiger partial charge in [0.1, 0.15) is 72.5 Å². The number of carbonyl (C=O) groups excluding carboxylic acids is 12.